The maximum Gasteiger partial charge on any atom is 0.308 e. The van der Waals surface area contributed by atoms with E-state index < -0.39 is 5.97 Å². The SMILES string of the molecule is Cc1nn(C)c(C)c1CNC1CCC1C(=O)O. The Balaban J connectivity index is 1.96. The third kappa shape index (κ3) is 2.20. The highest BCUT2D eigenvalue weighted by Crippen LogP contribution is 2.28. The summed E-state index contributed by atoms with van der Waals surface area (Å²) in [5.41, 5.74) is 3.34. The standard InChI is InChI=1S/C12H19N3O2/c1-7-10(8(2)15(3)14-7)6-13-11-5-4-9(11)12(16)17/h9,11,13H,4-6H2,1-3H3,(H,16,17). The van der Waals surface area contributed by atoms with Crippen LogP contribution in [-0.2, 0) is 18.4 Å². The summed E-state index contributed by atoms with van der Waals surface area (Å²) in [6.45, 7) is 4.73. The molecule has 0 radical (unpaired) electrons. The van der Waals surface area contributed by atoms with E-state index in [-0.39, 0.29) is 12.0 Å². The van der Waals surface area contributed by atoms with Crippen LogP contribution in [0.15, 0.2) is 0 Å². The lowest BCUT2D eigenvalue weighted by atomic mass is 9.79. The number of hydrogen-bond acceptors (Lipinski definition) is 3. The Hall–Kier alpha value is -1.36. The summed E-state index contributed by atoms with van der Waals surface area (Å²) in [6.07, 6.45) is 1.74. The van der Waals surface area contributed by atoms with Crippen LogP contribution in [0, 0.1) is 19.8 Å². The maximum absolute atomic E-state index is 10.9. The lowest BCUT2D eigenvalue weighted by Crippen LogP contribution is -2.47. The summed E-state index contributed by atoms with van der Waals surface area (Å²) in [5.74, 6) is -0.902. The zero-order valence-corrected chi connectivity index (χ0v) is 10.5. The predicted molar refractivity (Wildman–Crippen MR) is 63.7 cm³/mol. The second-order valence-corrected chi connectivity index (χ2v) is 4.78. The third-order valence-corrected chi connectivity index (χ3v) is 3.79. The van der Waals surface area contributed by atoms with Crippen LogP contribution < -0.4 is 5.32 Å². The van der Waals surface area contributed by atoms with Gasteiger partial charge >= 0.3 is 5.97 Å². The predicted octanol–water partition coefficient (Wildman–Crippen LogP) is 0.990. The van der Waals surface area contributed by atoms with Crippen molar-refractivity contribution >= 4 is 5.97 Å². The molecule has 0 amide bonds. The van der Waals surface area contributed by atoms with E-state index in [9.17, 15) is 4.79 Å². The highest BCUT2D eigenvalue weighted by atomic mass is 16.4. The van der Waals surface area contributed by atoms with Crippen LogP contribution in [0.2, 0.25) is 0 Å². The van der Waals surface area contributed by atoms with Gasteiger partial charge in [-0.2, -0.15) is 5.10 Å². The van der Waals surface area contributed by atoms with Gasteiger partial charge in [0.1, 0.15) is 0 Å². The van der Waals surface area contributed by atoms with E-state index in [2.05, 4.69) is 10.4 Å². The van der Waals surface area contributed by atoms with Crippen molar-refractivity contribution < 1.29 is 9.90 Å². The fourth-order valence-electron chi connectivity index (χ4n) is 2.35. The summed E-state index contributed by atoms with van der Waals surface area (Å²) in [6, 6.07) is 0.117. The third-order valence-electron chi connectivity index (χ3n) is 3.79. The quantitative estimate of drug-likeness (QED) is 0.819. The molecule has 1 fully saturated rings. The molecule has 2 atom stereocenters. The maximum atomic E-state index is 10.9. The van der Waals surface area contributed by atoms with Gasteiger partial charge < -0.3 is 10.4 Å². The summed E-state index contributed by atoms with van der Waals surface area (Å²) in [5, 5.41) is 16.6. The van der Waals surface area contributed by atoms with E-state index in [1.807, 2.05) is 25.6 Å². The largest absolute Gasteiger partial charge is 0.481 e. The van der Waals surface area contributed by atoms with Crippen LogP contribution in [0.25, 0.3) is 0 Å². The molecule has 1 aliphatic rings. The average molecular weight is 237 g/mol. The molecule has 2 rings (SSSR count). The first-order valence-corrected chi connectivity index (χ1v) is 5.96. The Kier molecular flexibility index (Phi) is 3.19. The molecule has 5 nitrogen and oxygen atoms in total. The molecule has 1 aliphatic carbocycles. The fourth-order valence-corrected chi connectivity index (χ4v) is 2.35. The highest BCUT2D eigenvalue weighted by molar-refractivity contribution is 5.72. The molecular formula is C12H19N3O2. The Morgan fingerprint density at radius 3 is 2.65 bits per heavy atom. The Morgan fingerprint density at radius 1 is 1.53 bits per heavy atom. The molecule has 0 aromatic carbocycles. The van der Waals surface area contributed by atoms with Crippen LogP contribution >= 0.6 is 0 Å². The molecule has 1 aromatic heterocycles. The number of carbonyl (C=O) groups is 1. The Bertz CT molecular complexity index is 439. The van der Waals surface area contributed by atoms with Crippen LogP contribution in [0.3, 0.4) is 0 Å². The molecule has 5 heteroatoms. The first-order chi connectivity index (χ1) is 8.00. The van der Waals surface area contributed by atoms with Crippen LogP contribution in [0.4, 0.5) is 0 Å². The minimum atomic E-state index is -0.687. The van der Waals surface area contributed by atoms with E-state index >= 15 is 0 Å². The van der Waals surface area contributed by atoms with Crippen LogP contribution in [-0.4, -0.2) is 26.9 Å². The molecule has 1 aromatic rings. The second kappa shape index (κ2) is 4.49. The van der Waals surface area contributed by atoms with Gasteiger partial charge in [0.25, 0.3) is 0 Å². The van der Waals surface area contributed by atoms with E-state index in [1.165, 1.54) is 5.56 Å². The van der Waals surface area contributed by atoms with Gasteiger partial charge in [-0.25, -0.2) is 0 Å². The number of hydrogen-bond donors (Lipinski definition) is 2. The van der Waals surface area contributed by atoms with Gasteiger partial charge in [-0.15, -0.1) is 0 Å². The Labute approximate surface area is 101 Å². The minimum Gasteiger partial charge on any atom is -0.481 e. The number of nitrogens with one attached hydrogen (secondary N) is 1. The van der Waals surface area contributed by atoms with Gasteiger partial charge in [-0.05, 0) is 26.7 Å². The van der Waals surface area contributed by atoms with Gasteiger partial charge in [0.05, 0.1) is 11.6 Å². The zero-order valence-electron chi connectivity index (χ0n) is 10.5. The number of aryl methyl sites for hydroxylation is 2. The van der Waals surface area contributed by atoms with Gasteiger partial charge in [-0.1, -0.05) is 0 Å². The molecule has 94 valence electrons. The van der Waals surface area contributed by atoms with E-state index in [4.69, 9.17) is 5.11 Å². The van der Waals surface area contributed by atoms with Crippen molar-refractivity contribution in [2.75, 3.05) is 0 Å². The molecule has 2 unspecified atom stereocenters. The first kappa shape index (κ1) is 12.1. The molecule has 17 heavy (non-hydrogen) atoms. The lowest BCUT2D eigenvalue weighted by molar-refractivity contribution is -0.146. The number of rotatable bonds is 4. The number of carboxylic acid groups (broad SMARTS) is 1. The number of aliphatic carboxylic acids is 1. The first-order valence-electron chi connectivity index (χ1n) is 5.96. The molecule has 0 spiro atoms. The van der Waals surface area contributed by atoms with E-state index in [1.54, 1.807) is 0 Å². The van der Waals surface area contributed by atoms with Gasteiger partial charge in [0.15, 0.2) is 0 Å². The number of nitrogens with zero attached hydrogens (tertiary/aromatic N) is 2. The zero-order chi connectivity index (χ0) is 12.6. The van der Waals surface area contributed by atoms with Crippen molar-refractivity contribution in [1.29, 1.82) is 0 Å². The summed E-state index contributed by atoms with van der Waals surface area (Å²) in [4.78, 5) is 10.9. The molecular weight excluding hydrogens is 218 g/mol. The van der Waals surface area contributed by atoms with Gasteiger partial charge in [-0.3, -0.25) is 9.48 Å². The molecule has 2 N–H and O–H groups in total. The molecule has 0 aliphatic heterocycles. The molecule has 1 heterocycles. The smallest absolute Gasteiger partial charge is 0.308 e. The number of aromatic nitrogens is 2. The van der Waals surface area contributed by atoms with Crippen molar-refractivity contribution in [2.45, 2.75) is 39.3 Å². The number of carboxylic acids is 1. The monoisotopic (exact) mass is 237 g/mol. The summed E-state index contributed by atoms with van der Waals surface area (Å²) in [7, 11) is 1.93. The van der Waals surface area contributed by atoms with Crippen molar-refractivity contribution in [1.82, 2.24) is 15.1 Å². The van der Waals surface area contributed by atoms with Gasteiger partial charge in [0.2, 0.25) is 0 Å². The van der Waals surface area contributed by atoms with Crippen molar-refractivity contribution in [3.63, 3.8) is 0 Å². The topological polar surface area (TPSA) is 67.2 Å². The molecule has 1 saturated carbocycles. The average Bonchev–Trinajstić information content (AvgIpc) is 2.42. The van der Waals surface area contributed by atoms with Crippen LogP contribution in [0.5, 0.6) is 0 Å². The lowest BCUT2D eigenvalue weighted by Gasteiger charge is -2.34. The van der Waals surface area contributed by atoms with Crippen molar-refractivity contribution in [2.24, 2.45) is 13.0 Å². The minimum absolute atomic E-state index is 0.117. The highest BCUT2D eigenvalue weighted by Gasteiger charge is 2.36. The van der Waals surface area contributed by atoms with Gasteiger partial charge in [0, 0.05) is 30.9 Å². The van der Waals surface area contributed by atoms with Crippen molar-refractivity contribution in [3.8, 4) is 0 Å². The summed E-state index contributed by atoms with van der Waals surface area (Å²) < 4.78 is 1.86. The van der Waals surface area contributed by atoms with Crippen LogP contribution in [0.1, 0.15) is 29.8 Å². The summed E-state index contributed by atoms with van der Waals surface area (Å²) >= 11 is 0. The molecule has 0 bridgehead atoms. The van der Waals surface area contributed by atoms with E-state index in [0.29, 0.717) is 6.54 Å². The fraction of sp³-hybridized carbons (Fsp3) is 0.667. The van der Waals surface area contributed by atoms with E-state index in [0.717, 1.165) is 24.2 Å². The molecule has 0 saturated heterocycles. The second-order valence-electron chi connectivity index (χ2n) is 4.78. The normalized spacial score (nSPS) is 23.5. The Morgan fingerprint density at radius 2 is 2.24 bits per heavy atom. The van der Waals surface area contributed by atoms with Crippen molar-refractivity contribution in [3.05, 3.63) is 17.0 Å².